The van der Waals surface area contributed by atoms with Gasteiger partial charge in [-0.25, -0.2) is 0 Å². The van der Waals surface area contributed by atoms with E-state index < -0.39 is 6.10 Å². The van der Waals surface area contributed by atoms with Gasteiger partial charge in [0, 0.05) is 45.8 Å². The Hall–Kier alpha value is -2.15. The minimum atomic E-state index is -0.519. The first-order valence-electron chi connectivity index (χ1n) is 11.0. The number of nitrogens with zero attached hydrogens (tertiary/aromatic N) is 3. The number of aromatic nitrogens is 1. The summed E-state index contributed by atoms with van der Waals surface area (Å²) in [6.07, 6.45) is 4.26. The van der Waals surface area contributed by atoms with Crippen molar-refractivity contribution in [1.29, 1.82) is 0 Å². The Bertz CT molecular complexity index is 852. The molecule has 0 aliphatic carbocycles. The summed E-state index contributed by atoms with van der Waals surface area (Å²) in [6, 6.07) is 1.85. The number of aliphatic hydroxyl groups is 1. The zero-order valence-corrected chi connectivity index (χ0v) is 18.7. The molecule has 7 heteroatoms. The minimum absolute atomic E-state index is 0.0199. The van der Waals surface area contributed by atoms with E-state index in [1.807, 2.05) is 13.0 Å². The Morgan fingerprint density at radius 3 is 2.50 bits per heavy atom. The van der Waals surface area contributed by atoms with E-state index in [1.54, 1.807) is 20.6 Å². The summed E-state index contributed by atoms with van der Waals surface area (Å²) in [7, 11) is 0. The zero-order valence-electron chi connectivity index (χ0n) is 18.7. The Morgan fingerprint density at radius 1 is 1.23 bits per heavy atom. The monoisotopic (exact) mass is 417 g/mol. The zero-order chi connectivity index (χ0) is 22.1. The molecule has 2 aliphatic rings. The van der Waals surface area contributed by atoms with E-state index in [9.17, 15) is 19.5 Å². The molecule has 0 radical (unpaired) electrons. The van der Waals surface area contributed by atoms with Crippen molar-refractivity contribution in [3.63, 3.8) is 0 Å². The summed E-state index contributed by atoms with van der Waals surface area (Å²) in [6.45, 7) is 10.3. The third-order valence-electron chi connectivity index (χ3n) is 6.72. The maximum absolute atomic E-state index is 13.2. The van der Waals surface area contributed by atoms with Crippen LogP contribution in [0.3, 0.4) is 0 Å². The van der Waals surface area contributed by atoms with Gasteiger partial charge in [0.1, 0.15) is 5.56 Å². The summed E-state index contributed by atoms with van der Waals surface area (Å²) in [5, 5.41) is 10.3. The number of amides is 2. The van der Waals surface area contributed by atoms with Crippen molar-refractivity contribution in [3.05, 3.63) is 33.7 Å². The standard InChI is InChI=1S/C23H35N3O4/c1-16(2)5-9-24-10-6-17(3)20(21(24)29)22(30)25-11-7-23(8-12-25)13-19(28)14-26(15-23)18(4)27/h6,10,16,19,28H,5,7-9,11-15H2,1-4H3. The smallest absolute Gasteiger partial charge is 0.263 e. The summed E-state index contributed by atoms with van der Waals surface area (Å²) in [5.74, 6) is 0.260. The van der Waals surface area contributed by atoms with Crippen LogP contribution in [-0.4, -0.2) is 63.6 Å². The van der Waals surface area contributed by atoms with Crippen LogP contribution in [0.5, 0.6) is 0 Å². The van der Waals surface area contributed by atoms with Gasteiger partial charge in [-0.2, -0.15) is 0 Å². The number of carbonyl (C=O) groups is 2. The number of piperidine rings is 2. The summed E-state index contributed by atoms with van der Waals surface area (Å²) in [4.78, 5) is 41.5. The SMILES string of the molecule is CC(=O)N1CC(O)CC2(CCN(C(=O)c3c(C)ccn(CCC(C)C)c3=O)CC2)C1. The maximum atomic E-state index is 13.2. The fourth-order valence-corrected chi connectivity index (χ4v) is 4.80. The number of β-amino-alcohol motifs (C(OH)–C–C–N with tert-alkyl or cyclic N) is 1. The average Bonchev–Trinajstić information content (AvgIpc) is 2.67. The highest BCUT2D eigenvalue weighted by Crippen LogP contribution is 2.40. The van der Waals surface area contributed by atoms with Gasteiger partial charge in [-0.3, -0.25) is 14.4 Å². The van der Waals surface area contributed by atoms with Crippen LogP contribution in [0.1, 0.15) is 62.4 Å². The molecule has 2 fully saturated rings. The van der Waals surface area contributed by atoms with E-state index in [4.69, 9.17) is 0 Å². The molecular formula is C23H35N3O4. The first-order chi connectivity index (χ1) is 14.1. The largest absolute Gasteiger partial charge is 0.391 e. The second-order valence-electron chi connectivity index (χ2n) is 9.60. The molecule has 0 bridgehead atoms. The van der Waals surface area contributed by atoms with Crippen LogP contribution in [0, 0.1) is 18.3 Å². The fraction of sp³-hybridized carbons (Fsp3) is 0.696. The first kappa shape index (κ1) is 22.5. The maximum Gasteiger partial charge on any atom is 0.263 e. The quantitative estimate of drug-likeness (QED) is 0.813. The van der Waals surface area contributed by atoms with E-state index in [1.165, 1.54) is 6.92 Å². The Balaban J connectivity index is 1.73. The van der Waals surface area contributed by atoms with Crippen molar-refractivity contribution in [2.24, 2.45) is 11.3 Å². The van der Waals surface area contributed by atoms with Gasteiger partial charge >= 0.3 is 0 Å². The summed E-state index contributed by atoms with van der Waals surface area (Å²) in [5.41, 5.74) is 0.619. The molecule has 1 unspecified atom stereocenters. The molecule has 0 saturated carbocycles. The van der Waals surface area contributed by atoms with Gasteiger partial charge in [0.15, 0.2) is 0 Å². The molecule has 3 rings (SSSR count). The van der Waals surface area contributed by atoms with Gasteiger partial charge in [0.05, 0.1) is 6.10 Å². The predicted molar refractivity (Wildman–Crippen MR) is 115 cm³/mol. The molecule has 30 heavy (non-hydrogen) atoms. The summed E-state index contributed by atoms with van der Waals surface area (Å²) >= 11 is 0. The van der Waals surface area contributed by atoms with Gasteiger partial charge in [-0.15, -0.1) is 0 Å². The lowest BCUT2D eigenvalue weighted by atomic mass is 9.71. The van der Waals surface area contributed by atoms with E-state index >= 15 is 0 Å². The lowest BCUT2D eigenvalue weighted by Gasteiger charge is -2.49. The Kier molecular flexibility index (Phi) is 6.70. The average molecular weight is 418 g/mol. The highest BCUT2D eigenvalue weighted by atomic mass is 16.3. The molecule has 2 saturated heterocycles. The second-order valence-corrected chi connectivity index (χ2v) is 9.60. The molecule has 1 aromatic heterocycles. The van der Waals surface area contributed by atoms with Gasteiger partial charge in [-0.05, 0) is 55.6 Å². The van der Waals surface area contributed by atoms with Crippen LogP contribution in [0.4, 0.5) is 0 Å². The number of hydrogen-bond donors (Lipinski definition) is 1. The van der Waals surface area contributed by atoms with Gasteiger partial charge < -0.3 is 19.5 Å². The number of likely N-dealkylation sites (tertiary alicyclic amines) is 2. The van der Waals surface area contributed by atoms with Crippen molar-refractivity contribution < 1.29 is 14.7 Å². The van der Waals surface area contributed by atoms with Crippen molar-refractivity contribution in [1.82, 2.24) is 14.4 Å². The van der Waals surface area contributed by atoms with E-state index in [0.717, 1.165) is 19.3 Å². The number of pyridine rings is 1. The molecule has 2 amide bonds. The second kappa shape index (κ2) is 8.92. The molecule has 1 spiro atoms. The van der Waals surface area contributed by atoms with E-state index in [-0.39, 0.29) is 28.4 Å². The van der Waals surface area contributed by atoms with Gasteiger partial charge in [-0.1, -0.05) is 13.8 Å². The molecule has 0 aromatic carbocycles. The normalized spacial score (nSPS) is 21.3. The highest BCUT2D eigenvalue weighted by molar-refractivity contribution is 5.95. The molecule has 3 heterocycles. The van der Waals surface area contributed by atoms with E-state index in [0.29, 0.717) is 50.6 Å². The van der Waals surface area contributed by atoms with Crippen LogP contribution < -0.4 is 5.56 Å². The Morgan fingerprint density at radius 2 is 1.90 bits per heavy atom. The third-order valence-corrected chi connectivity index (χ3v) is 6.72. The minimum Gasteiger partial charge on any atom is -0.391 e. The molecule has 1 N–H and O–H groups in total. The van der Waals surface area contributed by atoms with Crippen molar-refractivity contribution >= 4 is 11.8 Å². The van der Waals surface area contributed by atoms with Crippen LogP contribution >= 0.6 is 0 Å². The number of carbonyl (C=O) groups excluding carboxylic acids is 2. The molecule has 1 aromatic rings. The lowest BCUT2D eigenvalue weighted by Crippen LogP contribution is -2.55. The number of rotatable bonds is 4. The van der Waals surface area contributed by atoms with Crippen LogP contribution in [-0.2, 0) is 11.3 Å². The van der Waals surface area contributed by atoms with Crippen molar-refractivity contribution in [2.45, 2.75) is 66.0 Å². The summed E-state index contributed by atoms with van der Waals surface area (Å²) < 4.78 is 1.65. The topological polar surface area (TPSA) is 82.8 Å². The number of aliphatic hydroxyl groups excluding tert-OH is 1. The van der Waals surface area contributed by atoms with Gasteiger partial charge in [0.25, 0.3) is 11.5 Å². The highest BCUT2D eigenvalue weighted by Gasteiger charge is 2.43. The Labute approximate surface area is 178 Å². The predicted octanol–water partition coefficient (Wildman–Crippen LogP) is 2.04. The fourth-order valence-electron chi connectivity index (χ4n) is 4.80. The molecule has 1 atom stereocenters. The third kappa shape index (κ3) is 4.77. The molecule has 2 aliphatic heterocycles. The van der Waals surface area contributed by atoms with Crippen molar-refractivity contribution in [3.8, 4) is 0 Å². The van der Waals surface area contributed by atoms with E-state index in [2.05, 4.69) is 13.8 Å². The van der Waals surface area contributed by atoms with Crippen molar-refractivity contribution in [2.75, 3.05) is 26.2 Å². The lowest BCUT2D eigenvalue weighted by molar-refractivity contribution is -0.137. The van der Waals surface area contributed by atoms with Crippen LogP contribution in [0.2, 0.25) is 0 Å². The van der Waals surface area contributed by atoms with Crippen LogP contribution in [0.25, 0.3) is 0 Å². The molecule has 7 nitrogen and oxygen atoms in total. The van der Waals surface area contributed by atoms with Crippen LogP contribution in [0.15, 0.2) is 17.1 Å². The first-order valence-corrected chi connectivity index (χ1v) is 11.0. The van der Waals surface area contributed by atoms with Gasteiger partial charge in [0.2, 0.25) is 5.91 Å². The number of hydrogen-bond acceptors (Lipinski definition) is 4. The molecular weight excluding hydrogens is 382 g/mol. The molecule has 166 valence electrons. The number of aryl methyl sites for hydroxylation is 2.